The molecule has 2 aliphatic carbocycles. The fourth-order valence-corrected chi connectivity index (χ4v) is 4.24. The van der Waals surface area contributed by atoms with E-state index in [4.69, 9.17) is 0 Å². The number of hydrogen-bond donors (Lipinski definition) is 1. The summed E-state index contributed by atoms with van der Waals surface area (Å²) < 4.78 is 0. The van der Waals surface area contributed by atoms with Crippen molar-refractivity contribution in [3.05, 3.63) is 0 Å². The Balaban J connectivity index is 1.95. The van der Waals surface area contributed by atoms with Crippen LogP contribution in [0.25, 0.3) is 0 Å². The lowest BCUT2D eigenvalue weighted by Gasteiger charge is -2.49. The molecular weight excluding hydrogens is 240 g/mol. The largest absolute Gasteiger partial charge is 0.342 e. The predicted octanol–water partition coefficient (Wildman–Crippen LogP) is 1.98. The first-order valence-corrected chi connectivity index (χ1v) is 7.83. The van der Waals surface area contributed by atoms with Gasteiger partial charge in [0.15, 0.2) is 0 Å². The SMILES string of the molecule is CCC1NC(=O)C2(CCCC2)N(C2CCCC2)C1=O. The standard InChI is InChI=1S/C15H24N2O2/c1-2-12-13(18)17(11-7-3-4-8-11)15(14(19)16-12)9-5-6-10-15/h11-12H,2-10H2,1H3,(H,16,19). The molecule has 1 spiro atoms. The number of nitrogens with zero attached hydrogens (tertiary/aromatic N) is 1. The Morgan fingerprint density at radius 3 is 2.37 bits per heavy atom. The van der Waals surface area contributed by atoms with Crippen LogP contribution in [0.5, 0.6) is 0 Å². The highest BCUT2D eigenvalue weighted by molar-refractivity contribution is 6.00. The molecule has 0 aromatic rings. The number of amides is 2. The molecule has 0 aromatic heterocycles. The van der Waals surface area contributed by atoms with Crippen molar-refractivity contribution >= 4 is 11.8 Å². The van der Waals surface area contributed by atoms with Crippen molar-refractivity contribution in [2.75, 3.05) is 0 Å². The summed E-state index contributed by atoms with van der Waals surface area (Å²) in [6.07, 6.45) is 9.11. The molecule has 1 aliphatic heterocycles. The lowest BCUT2D eigenvalue weighted by Crippen LogP contribution is -2.71. The second kappa shape index (κ2) is 4.80. The van der Waals surface area contributed by atoms with E-state index < -0.39 is 5.54 Å². The minimum absolute atomic E-state index is 0.114. The lowest BCUT2D eigenvalue weighted by atomic mass is 9.87. The highest BCUT2D eigenvalue weighted by Crippen LogP contribution is 2.42. The minimum Gasteiger partial charge on any atom is -0.342 e. The number of hydrogen-bond acceptors (Lipinski definition) is 2. The first-order valence-electron chi connectivity index (χ1n) is 7.83. The monoisotopic (exact) mass is 264 g/mol. The minimum atomic E-state index is -0.502. The quantitative estimate of drug-likeness (QED) is 0.829. The topological polar surface area (TPSA) is 49.4 Å². The summed E-state index contributed by atoms with van der Waals surface area (Å²) in [7, 11) is 0. The Kier molecular flexibility index (Phi) is 3.27. The Hall–Kier alpha value is -1.06. The van der Waals surface area contributed by atoms with Gasteiger partial charge in [0.05, 0.1) is 0 Å². The molecule has 1 atom stereocenters. The molecule has 3 rings (SSSR count). The third-order valence-electron chi connectivity index (χ3n) is 5.25. The summed E-state index contributed by atoms with van der Waals surface area (Å²) >= 11 is 0. The maximum Gasteiger partial charge on any atom is 0.246 e. The first-order chi connectivity index (χ1) is 9.19. The Morgan fingerprint density at radius 2 is 1.79 bits per heavy atom. The summed E-state index contributed by atoms with van der Waals surface area (Å²) in [4.78, 5) is 27.4. The van der Waals surface area contributed by atoms with E-state index in [9.17, 15) is 9.59 Å². The van der Waals surface area contributed by atoms with Gasteiger partial charge < -0.3 is 10.2 Å². The molecule has 0 aromatic carbocycles. The van der Waals surface area contributed by atoms with Crippen LogP contribution in [0.2, 0.25) is 0 Å². The van der Waals surface area contributed by atoms with Crippen LogP contribution in [0, 0.1) is 0 Å². The third-order valence-corrected chi connectivity index (χ3v) is 5.25. The van der Waals surface area contributed by atoms with Crippen molar-refractivity contribution in [2.24, 2.45) is 0 Å². The van der Waals surface area contributed by atoms with Gasteiger partial charge in [-0.3, -0.25) is 9.59 Å². The van der Waals surface area contributed by atoms with Gasteiger partial charge in [-0.25, -0.2) is 0 Å². The van der Waals surface area contributed by atoms with Crippen LogP contribution in [-0.4, -0.2) is 34.3 Å². The molecular formula is C15H24N2O2. The van der Waals surface area contributed by atoms with E-state index in [0.29, 0.717) is 12.5 Å². The van der Waals surface area contributed by atoms with E-state index in [-0.39, 0.29) is 17.9 Å². The van der Waals surface area contributed by atoms with Gasteiger partial charge in [0.1, 0.15) is 11.6 Å². The summed E-state index contributed by atoms with van der Waals surface area (Å²) in [5.41, 5.74) is -0.502. The number of carbonyl (C=O) groups excluding carboxylic acids is 2. The molecule has 0 bridgehead atoms. The van der Waals surface area contributed by atoms with E-state index in [2.05, 4.69) is 5.32 Å². The molecule has 4 heteroatoms. The van der Waals surface area contributed by atoms with E-state index in [0.717, 1.165) is 38.5 Å². The fourth-order valence-electron chi connectivity index (χ4n) is 4.24. The smallest absolute Gasteiger partial charge is 0.246 e. The van der Waals surface area contributed by atoms with Crippen molar-refractivity contribution < 1.29 is 9.59 Å². The summed E-state index contributed by atoms with van der Waals surface area (Å²) in [5, 5.41) is 2.97. The average molecular weight is 264 g/mol. The molecule has 2 amide bonds. The predicted molar refractivity (Wildman–Crippen MR) is 72.5 cm³/mol. The first kappa shape index (κ1) is 12.9. The molecule has 106 valence electrons. The third kappa shape index (κ3) is 1.87. The molecule has 1 N–H and O–H groups in total. The second-order valence-electron chi connectivity index (χ2n) is 6.32. The van der Waals surface area contributed by atoms with Gasteiger partial charge in [-0.1, -0.05) is 32.6 Å². The van der Waals surface area contributed by atoms with E-state index in [1.807, 2.05) is 11.8 Å². The van der Waals surface area contributed by atoms with Crippen molar-refractivity contribution in [2.45, 2.75) is 82.3 Å². The van der Waals surface area contributed by atoms with Gasteiger partial charge in [-0.15, -0.1) is 0 Å². The zero-order valence-electron chi connectivity index (χ0n) is 11.8. The molecule has 1 saturated heterocycles. The molecule has 1 heterocycles. The lowest BCUT2D eigenvalue weighted by molar-refractivity contribution is -0.161. The zero-order valence-corrected chi connectivity index (χ0v) is 11.8. The zero-order chi connectivity index (χ0) is 13.5. The molecule has 1 unspecified atom stereocenters. The van der Waals surface area contributed by atoms with Gasteiger partial charge in [-0.2, -0.15) is 0 Å². The van der Waals surface area contributed by atoms with Crippen molar-refractivity contribution in [1.82, 2.24) is 10.2 Å². The molecule has 19 heavy (non-hydrogen) atoms. The summed E-state index contributed by atoms with van der Waals surface area (Å²) in [6.45, 7) is 1.97. The highest BCUT2D eigenvalue weighted by atomic mass is 16.2. The Labute approximate surface area is 114 Å². The van der Waals surface area contributed by atoms with Crippen LogP contribution in [-0.2, 0) is 9.59 Å². The maximum absolute atomic E-state index is 12.8. The van der Waals surface area contributed by atoms with Crippen molar-refractivity contribution in [3.8, 4) is 0 Å². The van der Waals surface area contributed by atoms with Gasteiger partial charge in [0.25, 0.3) is 0 Å². The summed E-state index contributed by atoms with van der Waals surface area (Å²) in [5.74, 6) is 0.291. The maximum atomic E-state index is 12.8. The second-order valence-corrected chi connectivity index (χ2v) is 6.32. The van der Waals surface area contributed by atoms with E-state index in [1.165, 1.54) is 12.8 Å². The number of rotatable bonds is 2. The average Bonchev–Trinajstić information content (AvgIpc) is 3.06. The van der Waals surface area contributed by atoms with Gasteiger partial charge in [0.2, 0.25) is 11.8 Å². The number of piperazine rings is 1. The van der Waals surface area contributed by atoms with Crippen LogP contribution < -0.4 is 5.32 Å². The van der Waals surface area contributed by atoms with Crippen molar-refractivity contribution in [1.29, 1.82) is 0 Å². The highest BCUT2D eigenvalue weighted by Gasteiger charge is 2.55. The van der Waals surface area contributed by atoms with E-state index in [1.54, 1.807) is 0 Å². The molecule has 3 fully saturated rings. The molecule has 4 nitrogen and oxygen atoms in total. The normalized spacial score (nSPS) is 31.2. The Bertz CT molecular complexity index is 382. The molecule has 3 aliphatic rings. The number of nitrogens with one attached hydrogen (secondary N) is 1. The molecule has 2 saturated carbocycles. The van der Waals surface area contributed by atoms with Crippen LogP contribution in [0.1, 0.15) is 64.7 Å². The van der Waals surface area contributed by atoms with Crippen LogP contribution in [0.4, 0.5) is 0 Å². The van der Waals surface area contributed by atoms with Gasteiger partial charge in [-0.05, 0) is 32.1 Å². The van der Waals surface area contributed by atoms with E-state index >= 15 is 0 Å². The summed E-state index contributed by atoms with van der Waals surface area (Å²) in [6, 6.07) is 0.0185. The van der Waals surface area contributed by atoms with Crippen LogP contribution in [0.15, 0.2) is 0 Å². The van der Waals surface area contributed by atoms with Crippen LogP contribution >= 0.6 is 0 Å². The number of carbonyl (C=O) groups is 2. The van der Waals surface area contributed by atoms with Gasteiger partial charge in [0, 0.05) is 6.04 Å². The van der Waals surface area contributed by atoms with Crippen molar-refractivity contribution in [3.63, 3.8) is 0 Å². The van der Waals surface area contributed by atoms with Gasteiger partial charge >= 0.3 is 0 Å². The van der Waals surface area contributed by atoms with Crippen LogP contribution in [0.3, 0.4) is 0 Å². The molecule has 0 radical (unpaired) electrons. The Morgan fingerprint density at radius 1 is 1.16 bits per heavy atom. The fraction of sp³-hybridized carbons (Fsp3) is 0.867.